The predicted molar refractivity (Wildman–Crippen MR) is 77.4 cm³/mol. The molecule has 0 nitrogen and oxygen atoms in total. The fourth-order valence-electron chi connectivity index (χ4n) is 2.49. The van der Waals surface area contributed by atoms with Crippen molar-refractivity contribution in [1.29, 1.82) is 0 Å². The van der Waals surface area contributed by atoms with Crippen molar-refractivity contribution in [2.45, 2.75) is 65.7 Å². The van der Waals surface area contributed by atoms with Crippen molar-refractivity contribution in [2.75, 3.05) is 0 Å². The Morgan fingerprint density at radius 3 is 2.53 bits per heavy atom. The average Bonchev–Trinajstić information content (AvgIpc) is 2.31. The minimum Gasteiger partial charge on any atom is -0.0651 e. The highest BCUT2D eigenvalue weighted by Gasteiger charge is 2.10. The predicted octanol–water partition coefficient (Wildman–Crippen LogP) is 5.31. The first-order chi connectivity index (χ1) is 8.20. The Morgan fingerprint density at radius 1 is 1.18 bits per heavy atom. The molecule has 0 amide bonds. The number of benzene rings is 1. The third-order valence-corrected chi connectivity index (χ3v) is 3.37. The molecule has 0 spiro atoms. The van der Waals surface area contributed by atoms with Crippen molar-refractivity contribution in [2.24, 2.45) is 0 Å². The summed E-state index contributed by atoms with van der Waals surface area (Å²) < 4.78 is 0. The molecule has 0 heteroatoms. The molecule has 0 fully saturated rings. The summed E-state index contributed by atoms with van der Waals surface area (Å²) in [5.74, 6) is 0.646. The fraction of sp³-hybridized carbons (Fsp3) is 0.588. The first-order valence-corrected chi connectivity index (χ1v) is 7.09. The lowest BCUT2D eigenvalue weighted by Gasteiger charge is -2.17. The van der Waals surface area contributed by atoms with E-state index in [0.29, 0.717) is 5.92 Å². The number of hydrogen-bond acceptors (Lipinski definition) is 0. The van der Waals surface area contributed by atoms with Crippen LogP contribution in [-0.2, 0) is 12.8 Å². The summed E-state index contributed by atoms with van der Waals surface area (Å²) in [6, 6.07) is 6.87. The number of aryl methyl sites for hydroxylation is 1. The normalized spacial score (nSPS) is 11.1. The Morgan fingerprint density at radius 2 is 1.94 bits per heavy atom. The molecule has 17 heavy (non-hydrogen) atoms. The van der Waals surface area contributed by atoms with E-state index in [9.17, 15) is 0 Å². The Labute approximate surface area is 107 Å². The van der Waals surface area contributed by atoms with Gasteiger partial charge >= 0.3 is 0 Å². The molecule has 95 valence electrons. The van der Waals surface area contributed by atoms with Crippen LogP contribution in [0.3, 0.4) is 0 Å². The van der Waals surface area contributed by atoms with Gasteiger partial charge in [-0.1, -0.05) is 58.7 Å². The van der Waals surface area contributed by atoms with E-state index in [-0.39, 0.29) is 0 Å². The molecule has 0 saturated carbocycles. The van der Waals surface area contributed by atoms with Crippen molar-refractivity contribution >= 4 is 0 Å². The van der Waals surface area contributed by atoms with E-state index in [4.69, 9.17) is 0 Å². The van der Waals surface area contributed by atoms with Crippen molar-refractivity contribution in [3.63, 3.8) is 0 Å². The van der Waals surface area contributed by atoms with Crippen LogP contribution in [0.15, 0.2) is 18.2 Å². The fourth-order valence-corrected chi connectivity index (χ4v) is 2.49. The van der Waals surface area contributed by atoms with Gasteiger partial charge in [0.25, 0.3) is 0 Å². The van der Waals surface area contributed by atoms with E-state index >= 15 is 0 Å². The van der Waals surface area contributed by atoms with Crippen LogP contribution in [0.5, 0.6) is 0 Å². The van der Waals surface area contributed by atoms with Gasteiger partial charge < -0.3 is 0 Å². The second-order valence-electron chi connectivity index (χ2n) is 5.19. The zero-order valence-corrected chi connectivity index (χ0v) is 11.9. The van der Waals surface area contributed by atoms with E-state index < -0.39 is 0 Å². The molecule has 0 saturated heterocycles. The zero-order valence-electron chi connectivity index (χ0n) is 11.9. The molecule has 0 N–H and O–H groups in total. The molecule has 0 heterocycles. The van der Waals surface area contributed by atoms with Crippen molar-refractivity contribution < 1.29 is 0 Å². The monoisotopic (exact) mass is 231 g/mol. The minimum absolute atomic E-state index is 0.646. The molecular weight excluding hydrogens is 204 g/mol. The summed E-state index contributed by atoms with van der Waals surface area (Å²) in [6.07, 6.45) is 8.51. The minimum atomic E-state index is 0.646. The highest BCUT2D eigenvalue weighted by Crippen LogP contribution is 2.25. The van der Waals surface area contributed by atoms with Crippen molar-refractivity contribution in [1.82, 2.24) is 0 Å². The molecule has 0 bridgehead atoms. The molecule has 0 aromatic heterocycles. The van der Waals surface area contributed by atoms with Gasteiger partial charge in [0.1, 0.15) is 0 Å². The lowest BCUT2D eigenvalue weighted by Crippen LogP contribution is -2.02. The van der Waals surface area contributed by atoms with E-state index in [0.717, 1.165) is 0 Å². The number of rotatable bonds is 7. The molecule has 0 atom stereocenters. The molecule has 0 unspecified atom stereocenters. The molecule has 1 aromatic rings. The summed E-state index contributed by atoms with van der Waals surface area (Å²) >= 11 is 0. The van der Waals surface area contributed by atoms with Gasteiger partial charge in [0.2, 0.25) is 0 Å². The van der Waals surface area contributed by atoms with Crippen molar-refractivity contribution in [3.8, 4) is 0 Å². The lowest BCUT2D eigenvalue weighted by atomic mass is 9.88. The third kappa shape index (κ3) is 4.18. The Balaban J connectivity index is 2.92. The topological polar surface area (TPSA) is 0 Å². The summed E-state index contributed by atoms with van der Waals surface area (Å²) in [7, 11) is 0. The lowest BCUT2D eigenvalue weighted by molar-refractivity contribution is 0.759. The highest BCUT2D eigenvalue weighted by molar-refractivity contribution is 5.37. The van der Waals surface area contributed by atoms with E-state index in [1.807, 2.05) is 0 Å². The first-order valence-electron chi connectivity index (χ1n) is 7.09. The van der Waals surface area contributed by atoms with Crippen LogP contribution < -0.4 is 0 Å². The smallest absolute Gasteiger partial charge is 0.0216 e. The van der Waals surface area contributed by atoms with E-state index in [1.54, 1.807) is 16.7 Å². The summed E-state index contributed by atoms with van der Waals surface area (Å²) in [4.78, 5) is 0. The second-order valence-corrected chi connectivity index (χ2v) is 5.19. The molecule has 1 radical (unpaired) electrons. The van der Waals surface area contributed by atoms with Gasteiger partial charge in [0.05, 0.1) is 0 Å². The van der Waals surface area contributed by atoms with Crippen LogP contribution in [0.2, 0.25) is 0 Å². The third-order valence-electron chi connectivity index (χ3n) is 3.37. The van der Waals surface area contributed by atoms with Crippen LogP contribution in [0.4, 0.5) is 0 Å². The number of unbranched alkanes of at least 4 members (excludes halogenated alkanes) is 2. The second kappa shape index (κ2) is 7.53. The maximum absolute atomic E-state index is 2.32. The van der Waals surface area contributed by atoms with E-state index in [1.165, 1.54) is 32.1 Å². The van der Waals surface area contributed by atoms with Gasteiger partial charge in [-0.3, -0.25) is 0 Å². The van der Waals surface area contributed by atoms with Crippen LogP contribution in [0, 0.1) is 6.42 Å². The van der Waals surface area contributed by atoms with Gasteiger partial charge in [-0.25, -0.2) is 0 Å². The molecular formula is C17H27. The largest absolute Gasteiger partial charge is 0.0651 e. The first kappa shape index (κ1) is 14.3. The quantitative estimate of drug-likeness (QED) is 0.558. The standard InChI is InChI=1S/C17H27/c1-5-7-8-12-17-15(10-6-2)11-9-13-16(17)14(3)4/h5,9,11,13-14H,6-8,10,12H2,1-4H3. The molecule has 1 aromatic carbocycles. The Bertz CT molecular complexity index is 323. The van der Waals surface area contributed by atoms with Gasteiger partial charge in [-0.2, -0.15) is 0 Å². The summed E-state index contributed by atoms with van der Waals surface area (Å²) in [5.41, 5.74) is 4.77. The Hall–Kier alpha value is -0.780. The van der Waals surface area contributed by atoms with Crippen LogP contribution in [0.1, 0.15) is 69.6 Å². The van der Waals surface area contributed by atoms with Gasteiger partial charge in [-0.15, -0.1) is 0 Å². The highest BCUT2D eigenvalue weighted by atomic mass is 14.1. The number of hydrogen-bond donors (Lipinski definition) is 0. The molecule has 0 aliphatic heterocycles. The maximum atomic E-state index is 2.32. The molecule has 1 rings (SSSR count). The zero-order chi connectivity index (χ0) is 12.7. The van der Waals surface area contributed by atoms with Crippen LogP contribution in [0.25, 0.3) is 0 Å². The van der Waals surface area contributed by atoms with E-state index in [2.05, 4.69) is 52.3 Å². The average molecular weight is 231 g/mol. The maximum Gasteiger partial charge on any atom is -0.0216 e. The molecule has 0 aliphatic rings. The van der Waals surface area contributed by atoms with Crippen molar-refractivity contribution in [3.05, 3.63) is 41.3 Å². The van der Waals surface area contributed by atoms with Crippen LogP contribution in [-0.4, -0.2) is 0 Å². The Kier molecular flexibility index (Phi) is 6.32. The van der Waals surface area contributed by atoms with Crippen LogP contribution >= 0.6 is 0 Å². The van der Waals surface area contributed by atoms with Gasteiger partial charge in [0, 0.05) is 0 Å². The summed E-state index contributed by atoms with van der Waals surface area (Å²) in [6.45, 7) is 9.04. The summed E-state index contributed by atoms with van der Waals surface area (Å²) in [5, 5.41) is 0. The van der Waals surface area contributed by atoms with Gasteiger partial charge in [0.15, 0.2) is 0 Å². The molecule has 0 aliphatic carbocycles. The SMILES string of the molecule is C[CH]CCCc1c(CCC)cccc1C(C)C. The van der Waals surface area contributed by atoms with Gasteiger partial charge in [-0.05, 0) is 48.3 Å².